The van der Waals surface area contributed by atoms with Gasteiger partial charge in [0.15, 0.2) is 0 Å². The number of rotatable bonds is 5. The van der Waals surface area contributed by atoms with Crippen LogP contribution in [0.4, 0.5) is 0 Å². The van der Waals surface area contributed by atoms with Crippen LogP contribution in [0.1, 0.15) is 34.6 Å². The van der Waals surface area contributed by atoms with Crippen molar-refractivity contribution in [1.29, 1.82) is 0 Å². The zero-order valence-electron chi connectivity index (χ0n) is 13.5. The number of pyridine rings is 2. The van der Waals surface area contributed by atoms with Crippen LogP contribution >= 0.6 is 0 Å². The van der Waals surface area contributed by atoms with Crippen LogP contribution in [0, 0.1) is 0 Å². The van der Waals surface area contributed by atoms with Crippen LogP contribution in [0.3, 0.4) is 0 Å². The molecule has 0 saturated heterocycles. The third-order valence-electron chi connectivity index (χ3n) is 3.95. The molecule has 1 atom stereocenters. The molecule has 2 aromatic heterocycles. The summed E-state index contributed by atoms with van der Waals surface area (Å²) in [6.07, 6.45) is 5.02. The van der Waals surface area contributed by atoms with E-state index in [2.05, 4.69) is 9.97 Å². The summed E-state index contributed by atoms with van der Waals surface area (Å²) in [6.45, 7) is 2.52. The first-order valence-electron chi connectivity index (χ1n) is 7.91. The highest BCUT2D eigenvalue weighted by atomic mass is 16.2. The summed E-state index contributed by atoms with van der Waals surface area (Å²) in [5, 5.41) is 0. The summed E-state index contributed by atoms with van der Waals surface area (Å²) in [5.41, 5.74) is 2.53. The summed E-state index contributed by atoms with van der Waals surface area (Å²) in [7, 11) is 0. The normalized spacial score (nSPS) is 11.7. The van der Waals surface area contributed by atoms with Crippen LogP contribution < -0.4 is 0 Å². The molecule has 3 aromatic rings. The first-order valence-corrected chi connectivity index (χ1v) is 7.91. The molecule has 0 fully saturated rings. The SMILES string of the molecule is C[C@@H](c1ccccn1)N(Cc1ccccc1)C(=O)c1cccnc1. The number of hydrogen-bond acceptors (Lipinski definition) is 3. The molecule has 0 aliphatic rings. The molecule has 3 rings (SSSR count). The maximum Gasteiger partial charge on any atom is 0.256 e. The van der Waals surface area contributed by atoms with E-state index >= 15 is 0 Å². The van der Waals surface area contributed by atoms with Gasteiger partial charge < -0.3 is 4.90 Å². The lowest BCUT2D eigenvalue weighted by Gasteiger charge is -2.29. The third kappa shape index (κ3) is 3.66. The van der Waals surface area contributed by atoms with E-state index < -0.39 is 0 Å². The lowest BCUT2D eigenvalue weighted by molar-refractivity contribution is 0.0670. The van der Waals surface area contributed by atoms with Gasteiger partial charge in [-0.15, -0.1) is 0 Å². The largest absolute Gasteiger partial charge is 0.326 e. The van der Waals surface area contributed by atoms with E-state index in [1.165, 1.54) is 0 Å². The highest BCUT2D eigenvalue weighted by Crippen LogP contribution is 2.23. The van der Waals surface area contributed by atoms with Crippen LogP contribution in [0.15, 0.2) is 79.3 Å². The maximum absolute atomic E-state index is 13.0. The molecule has 0 bridgehead atoms. The molecule has 1 amide bonds. The zero-order chi connectivity index (χ0) is 16.8. The van der Waals surface area contributed by atoms with Crippen LogP contribution in [0.2, 0.25) is 0 Å². The van der Waals surface area contributed by atoms with E-state index in [9.17, 15) is 4.79 Å². The average Bonchev–Trinajstić information content (AvgIpc) is 2.67. The molecule has 0 spiro atoms. The Hall–Kier alpha value is -3.01. The summed E-state index contributed by atoms with van der Waals surface area (Å²) < 4.78 is 0. The Kier molecular flexibility index (Phi) is 4.96. The van der Waals surface area contributed by atoms with E-state index in [4.69, 9.17) is 0 Å². The highest BCUT2D eigenvalue weighted by Gasteiger charge is 2.23. The Morgan fingerprint density at radius 1 is 1.00 bits per heavy atom. The highest BCUT2D eigenvalue weighted by molar-refractivity contribution is 5.94. The van der Waals surface area contributed by atoms with Crippen molar-refractivity contribution < 1.29 is 4.79 Å². The van der Waals surface area contributed by atoms with E-state index in [0.717, 1.165) is 11.3 Å². The van der Waals surface area contributed by atoms with Gasteiger partial charge in [-0.25, -0.2) is 0 Å². The van der Waals surface area contributed by atoms with Gasteiger partial charge in [-0.3, -0.25) is 14.8 Å². The molecule has 4 nitrogen and oxygen atoms in total. The van der Waals surface area contributed by atoms with Crippen molar-refractivity contribution in [2.24, 2.45) is 0 Å². The Balaban J connectivity index is 1.93. The zero-order valence-corrected chi connectivity index (χ0v) is 13.5. The minimum Gasteiger partial charge on any atom is -0.326 e. The maximum atomic E-state index is 13.0. The predicted molar refractivity (Wildman–Crippen MR) is 93.2 cm³/mol. The quantitative estimate of drug-likeness (QED) is 0.717. The number of carbonyl (C=O) groups excluding carboxylic acids is 1. The fourth-order valence-corrected chi connectivity index (χ4v) is 2.60. The monoisotopic (exact) mass is 317 g/mol. The molecule has 2 heterocycles. The molecule has 4 heteroatoms. The number of amides is 1. The molecular weight excluding hydrogens is 298 g/mol. The van der Waals surface area contributed by atoms with Crippen LogP contribution in [-0.2, 0) is 6.54 Å². The van der Waals surface area contributed by atoms with Crippen molar-refractivity contribution in [3.63, 3.8) is 0 Å². The van der Waals surface area contributed by atoms with Gasteiger partial charge in [0.2, 0.25) is 0 Å². The lowest BCUT2D eigenvalue weighted by atomic mass is 10.1. The van der Waals surface area contributed by atoms with Crippen molar-refractivity contribution in [1.82, 2.24) is 14.9 Å². The van der Waals surface area contributed by atoms with Gasteiger partial charge in [0.05, 0.1) is 17.3 Å². The first-order chi connectivity index (χ1) is 11.8. The molecule has 1 aromatic carbocycles. The van der Waals surface area contributed by atoms with Crippen molar-refractivity contribution in [2.45, 2.75) is 19.5 Å². The second kappa shape index (κ2) is 7.51. The Bertz CT molecular complexity index is 776. The molecule has 120 valence electrons. The number of aromatic nitrogens is 2. The minimum atomic E-state index is -0.140. The lowest BCUT2D eigenvalue weighted by Crippen LogP contribution is -2.33. The number of carbonyl (C=O) groups is 1. The number of nitrogens with zero attached hydrogens (tertiary/aromatic N) is 3. The molecule has 0 unspecified atom stereocenters. The molecule has 0 aliphatic heterocycles. The van der Waals surface area contributed by atoms with Crippen molar-refractivity contribution in [3.8, 4) is 0 Å². The van der Waals surface area contributed by atoms with E-state index in [1.54, 1.807) is 30.7 Å². The summed E-state index contributed by atoms with van der Waals surface area (Å²) in [6, 6.07) is 19.2. The molecule has 24 heavy (non-hydrogen) atoms. The topological polar surface area (TPSA) is 46.1 Å². The van der Waals surface area contributed by atoms with Gasteiger partial charge in [0.1, 0.15) is 0 Å². The molecular formula is C20H19N3O. The summed E-state index contributed by atoms with van der Waals surface area (Å²) >= 11 is 0. The summed E-state index contributed by atoms with van der Waals surface area (Å²) in [5.74, 6) is -0.0508. The van der Waals surface area contributed by atoms with Gasteiger partial charge in [0, 0.05) is 25.1 Å². The second-order valence-electron chi connectivity index (χ2n) is 5.59. The second-order valence-corrected chi connectivity index (χ2v) is 5.59. The van der Waals surface area contributed by atoms with Crippen molar-refractivity contribution in [2.75, 3.05) is 0 Å². The van der Waals surface area contributed by atoms with Gasteiger partial charge in [-0.05, 0) is 36.8 Å². The number of benzene rings is 1. The number of hydrogen-bond donors (Lipinski definition) is 0. The van der Waals surface area contributed by atoms with Crippen LogP contribution in [0.5, 0.6) is 0 Å². The molecule has 0 radical (unpaired) electrons. The van der Waals surface area contributed by atoms with E-state index in [-0.39, 0.29) is 11.9 Å². The van der Waals surface area contributed by atoms with Gasteiger partial charge in [-0.1, -0.05) is 36.4 Å². The van der Waals surface area contributed by atoms with Gasteiger partial charge >= 0.3 is 0 Å². The Labute approximate surface area is 141 Å². The average molecular weight is 317 g/mol. The van der Waals surface area contributed by atoms with Crippen molar-refractivity contribution >= 4 is 5.91 Å². The van der Waals surface area contributed by atoms with Crippen molar-refractivity contribution in [3.05, 3.63) is 96.1 Å². The third-order valence-corrected chi connectivity index (χ3v) is 3.95. The predicted octanol–water partition coefficient (Wildman–Crippen LogP) is 3.88. The van der Waals surface area contributed by atoms with Crippen LogP contribution in [-0.4, -0.2) is 20.8 Å². The standard InChI is InChI=1S/C20H19N3O/c1-16(19-11-5-6-13-22-19)23(15-17-8-3-2-4-9-17)20(24)18-10-7-12-21-14-18/h2-14,16H,15H2,1H3/t16-/m0/s1. The molecule has 0 N–H and O–H groups in total. The minimum absolute atomic E-state index is 0.0508. The molecule has 0 saturated carbocycles. The first kappa shape index (κ1) is 15.9. The van der Waals surface area contributed by atoms with Gasteiger partial charge in [0.25, 0.3) is 5.91 Å². The van der Waals surface area contributed by atoms with E-state index in [1.807, 2.05) is 60.4 Å². The smallest absolute Gasteiger partial charge is 0.256 e. The summed E-state index contributed by atoms with van der Waals surface area (Å²) in [4.78, 5) is 23.3. The van der Waals surface area contributed by atoms with Crippen LogP contribution in [0.25, 0.3) is 0 Å². The Morgan fingerprint density at radius 2 is 1.79 bits per heavy atom. The molecule has 0 aliphatic carbocycles. The Morgan fingerprint density at radius 3 is 2.46 bits per heavy atom. The fourth-order valence-electron chi connectivity index (χ4n) is 2.60. The fraction of sp³-hybridized carbons (Fsp3) is 0.150. The van der Waals surface area contributed by atoms with E-state index in [0.29, 0.717) is 12.1 Å². The van der Waals surface area contributed by atoms with Gasteiger partial charge in [-0.2, -0.15) is 0 Å².